The fraction of sp³-hybridized carbons (Fsp3) is 0.263. The predicted octanol–water partition coefficient (Wildman–Crippen LogP) is 3.17. The van der Waals surface area contributed by atoms with Gasteiger partial charge in [-0.25, -0.2) is 4.79 Å². The van der Waals surface area contributed by atoms with Gasteiger partial charge < -0.3 is 15.5 Å². The standard InChI is InChI=1S/C19H21N3O2/c1-14-7-9-17(10-8-14)22-13-15(11-18(22)23)12-20-19(24)21-16-5-3-2-4-6-16/h2-10,15H,11-13H2,1H3,(H2,20,21,24). The smallest absolute Gasteiger partial charge is 0.319 e. The molecule has 2 N–H and O–H groups in total. The third-order valence-electron chi connectivity index (χ3n) is 4.13. The monoisotopic (exact) mass is 323 g/mol. The van der Waals surface area contributed by atoms with E-state index in [1.165, 1.54) is 5.56 Å². The number of nitrogens with one attached hydrogen (secondary N) is 2. The summed E-state index contributed by atoms with van der Waals surface area (Å²) in [5.41, 5.74) is 2.84. The van der Waals surface area contributed by atoms with Crippen LogP contribution in [-0.2, 0) is 4.79 Å². The van der Waals surface area contributed by atoms with Gasteiger partial charge in [0.25, 0.3) is 0 Å². The highest BCUT2D eigenvalue weighted by Crippen LogP contribution is 2.24. The molecule has 5 heteroatoms. The molecule has 1 aliphatic heterocycles. The van der Waals surface area contributed by atoms with Crippen molar-refractivity contribution in [3.8, 4) is 0 Å². The van der Waals surface area contributed by atoms with Crippen LogP contribution in [0.25, 0.3) is 0 Å². The van der Waals surface area contributed by atoms with Crippen LogP contribution in [0.4, 0.5) is 16.2 Å². The zero-order valence-electron chi connectivity index (χ0n) is 13.7. The summed E-state index contributed by atoms with van der Waals surface area (Å²) in [4.78, 5) is 25.9. The summed E-state index contributed by atoms with van der Waals surface area (Å²) < 4.78 is 0. The number of para-hydroxylation sites is 1. The minimum atomic E-state index is -0.248. The first kappa shape index (κ1) is 16.1. The van der Waals surface area contributed by atoms with Crippen molar-refractivity contribution in [3.05, 3.63) is 60.2 Å². The lowest BCUT2D eigenvalue weighted by atomic mass is 10.1. The predicted molar refractivity (Wildman–Crippen MR) is 95.1 cm³/mol. The molecule has 1 unspecified atom stereocenters. The molecular formula is C19H21N3O2. The molecular weight excluding hydrogens is 302 g/mol. The number of carbonyl (C=O) groups excluding carboxylic acids is 2. The fourth-order valence-corrected chi connectivity index (χ4v) is 2.83. The molecule has 3 rings (SSSR count). The van der Waals surface area contributed by atoms with Gasteiger partial charge in [-0.2, -0.15) is 0 Å². The second kappa shape index (κ2) is 7.17. The number of hydrogen-bond donors (Lipinski definition) is 2. The van der Waals surface area contributed by atoms with E-state index < -0.39 is 0 Å². The molecule has 0 spiro atoms. The van der Waals surface area contributed by atoms with Crippen molar-refractivity contribution in [2.24, 2.45) is 5.92 Å². The molecule has 0 radical (unpaired) electrons. The van der Waals surface area contributed by atoms with Gasteiger partial charge in [0.05, 0.1) is 0 Å². The van der Waals surface area contributed by atoms with Gasteiger partial charge in [0, 0.05) is 36.8 Å². The largest absolute Gasteiger partial charge is 0.338 e. The van der Waals surface area contributed by atoms with Crippen LogP contribution in [0.2, 0.25) is 0 Å². The number of nitrogens with zero attached hydrogens (tertiary/aromatic N) is 1. The van der Waals surface area contributed by atoms with Crippen LogP contribution >= 0.6 is 0 Å². The van der Waals surface area contributed by atoms with Crippen LogP contribution in [0.15, 0.2) is 54.6 Å². The average molecular weight is 323 g/mol. The Balaban J connectivity index is 1.51. The van der Waals surface area contributed by atoms with Crippen LogP contribution in [0.3, 0.4) is 0 Å². The number of carbonyl (C=O) groups is 2. The van der Waals surface area contributed by atoms with Gasteiger partial charge in [-0.05, 0) is 31.2 Å². The number of anilines is 2. The Morgan fingerprint density at radius 2 is 1.83 bits per heavy atom. The van der Waals surface area contributed by atoms with Crippen LogP contribution < -0.4 is 15.5 Å². The first-order valence-electron chi connectivity index (χ1n) is 8.09. The highest BCUT2D eigenvalue weighted by atomic mass is 16.2. The Morgan fingerprint density at radius 1 is 1.12 bits per heavy atom. The average Bonchev–Trinajstić information content (AvgIpc) is 2.95. The SMILES string of the molecule is Cc1ccc(N2CC(CNC(=O)Nc3ccccc3)CC2=O)cc1. The Labute approximate surface area is 141 Å². The second-order valence-corrected chi connectivity index (χ2v) is 6.11. The molecule has 1 aliphatic rings. The summed E-state index contributed by atoms with van der Waals surface area (Å²) in [6.07, 6.45) is 0.458. The van der Waals surface area contributed by atoms with Crippen LogP contribution in [0.1, 0.15) is 12.0 Å². The number of aryl methyl sites for hydroxylation is 1. The summed E-state index contributed by atoms with van der Waals surface area (Å²) in [5.74, 6) is 0.231. The van der Waals surface area contributed by atoms with E-state index in [2.05, 4.69) is 10.6 Å². The normalized spacial score (nSPS) is 17.0. The molecule has 0 aliphatic carbocycles. The molecule has 0 bridgehead atoms. The Bertz CT molecular complexity index is 713. The summed E-state index contributed by atoms with van der Waals surface area (Å²) in [6.45, 7) is 3.13. The van der Waals surface area contributed by atoms with Crippen LogP contribution in [0.5, 0.6) is 0 Å². The maximum Gasteiger partial charge on any atom is 0.319 e. The quantitative estimate of drug-likeness (QED) is 0.908. The second-order valence-electron chi connectivity index (χ2n) is 6.11. The first-order chi connectivity index (χ1) is 11.6. The summed E-state index contributed by atoms with van der Waals surface area (Å²) in [7, 11) is 0. The maximum atomic E-state index is 12.2. The van der Waals surface area contributed by atoms with Gasteiger partial charge in [0.2, 0.25) is 5.91 Å². The first-order valence-corrected chi connectivity index (χ1v) is 8.09. The van der Waals surface area contributed by atoms with Crippen LogP contribution in [0, 0.1) is 12.8 Å². The molecule has 5 nitrogen and oxygen atoms in total. The van der Waals surface area contributed by atoms with E-state index in [4.69, 9.17) is 0 Å². The molecule has 1 atom stereocenters. The topological polar surface area (TPSA) is 61.4 Å². The molecule has 124 valence electrons. The molecule has 1 fully saturated rings. The van der Waals surface area contributed by atoms with Crippen molar-refractivity contribution in [1.29, 1.82) is 0 Å². The van der Waals surface area contributed by atoms with E-state index in [1.807, 2.05) is 61.5 Å². The maximum absolute atomic E-state index is 12.2. The van der Waals surface area contributed by atoms with Gasteiger partial charge in [0.1, 0.15) is 0 Å². The Kier molecular flexibility index (Phi) is 4.79. The molecule has 3 amide bonds. The summed E-state index contributed by atoms with van der Waals surface area (Å²) in [5, 5.41) is 5.62. The van der Waals surface area contributed by atoms with Gasteiger partial charge in [-0.1, -0.05) is 35.9 Å². The van der Waals surface area contributed by atoms with Gasteiger partial charge in [-0.15, -0.1) is 0 Å². The van der Waals surface area contributed by atoms with Crippen molar-refractivity contribution in [1.82, 2.24) is 5.32 Å². The van der Waals surface area contributed by atoms with Gasteiger partial charge in [0.15, 0.2) is 0 Å². The summed E-state index contributed by atoms with van der Waals surface area (Å²) >= 11 is 0. The van der Waals surface area contributed by atoms with Crippen LogP contribution in [-0.4, -0.2) is 25.0 Å². The van der Waals surface area contributed by atoms with E-state index in [0.717, 1.165) is 11.4 Å². The number of rotatable bonds is 4. The van der Waals surface area contributed by atoms with E-state index in [9.17, 15) is 9.59 Å². The molecule has 2 aromatic carbocycles. The van der Waals surface area contributed by atoms with Gasteiger partial charge >= 0.3 is 6.03 Å². The lowest BCUT2D eigenvalue weighted by molar-refractivity contribution is -0.117. The third-order valence-corrected chi connectivity index (χ3v) is 4.13. The van der Waals surface area contributed by atoms with Crippen molar-refractivity contribution < 1.29 is 9.59 Å². The number of urea groups is 1. The number of hydrogen-bond acceptors (Lipinski definition) is 2. The van der Waals surface area contributed by atoms with E-state index in [-0.39, 0.29) is 17.9 Å². The molecule has 24 heavy (non-hydrogen) atoms. The lowest BCUT2D eigenvalue weighted by Gasteiger charge is -2.17. The lowest BCUT2D eigenvalue weighted by Crippen LogP contribution is -2.34. The Hall–Kier alpha value is -2.82. The van der Waals surface area contributed by atoms with Crippen molar-refractivity contribution >= 4 is 23.3 Å². The van der Waals surface area contributed by atoms with E-state index in [1.54, 1.807) is 4.90 Å². The van der Waals surface area contributed by atoms with E-state index >= 15 is 0 Å². The minimum Gasteiger partial charge on any atom is -0.338 e. The van der Waals surface area contributed by atoms with Crippen molar-refractivity contribution in [3.63, 3.8) is 0 Å². The van der Waals surface area contributed by atoms with E-state index in [0.29, 0.717) is 19.5 Å². The Morgan fingerprint density at radius 3 is 2.54 bits per heavy atom. The highest BCUT2D eigenvalue weighted by Gasteiger charge is 2.30. The third kappa shape index (κ3) is 3.93. The zero-order valence-corrected chi connectivity index (χ0v) is 13.7. The minimum absolute atomic E-state index is 0.106. The van der Waals surface area contributed by atoms with Gasteiger partial charge in [-0.3, -0.25) is 4.79 Å². The molecule has 0 aromatic heterocycles. The number of amides is 3. The number of benzene rings is 2. The molecule has 1 saturated heterocycles. The highest BCUT2D eigenvalue weighted by molar-refractivity contribution is 5.96. The molecule has 0 saturated carbocycles. The van der Waals surface area contributed by atoms with Crippen molar-refractivity contribution in [2.75, 3.05) is 23.3 Å². The summed E-state index contributed by atoms with van der Waals surface area (Å²) in [6, 6.07) is 17.0. The fourth-order valence-electron chi connectivity index (χ4n) is 2.83. The zero-order chi connectivity index (χ0) is 16.9. The molecule has 2 aromatic rings. The van der Waals surface area contributed by atoms with Crippen molar-refractivity contribution in [2.45, 2.75) is 13.3 Å². The molecule has 1 heterocycles.